The van der Waals surface area contributed by atoms with Gasteiger partial charge in [-0.3, -0.25) is 9.48 Å². The Balaban J connectivity index is 1.66. The Morgan fingerprint density at radius 1 is 1.21 bits per heavy atom. The minimum Gasteiger partial charge on any atom is -0.617 e. The third-order valence-corrected chi connectivity index (χ3v) is 5.18. The normalized spacial score (nSPS) is 12.3. The van der Waals surface area contributed by atoms with Gasteiger partial charge in [-0.25, -0.2) is 4.39 Å². The van der Waals surface area contributed by atoms with Crippen molar-refractivity contribution in [3.8, 4) is 11.3 Å². The Labute approximate surface area is 172 Å². The third kappa shape index (κ3) is 5.79. The molecule has 29 heavy (non-hydrogen) atoms. The van der Waals surface area contributed by atoms with E-state index >= 15 is 0 Å². The minimum absolute atomic E-state index is 0.263. The molecule has 0 bridgehead atoms. The molecule has 0 aliphatic rings. The highest BCUT2D eigenvalue weighted by Gasteiger charge is 2.09. The van der Waals surface area contributed by atoms with Gasteiger partial charge in [0.05, 0.1) is 18.1 Å². The van der Waals surface area contributed by atoms with Crippen molar-refractivity contribution in [3.63, 3.8) is 0 Å². The maximum absolute atomic E-state index is 13.2. The first-order valence-electron chi connectivity index (χ1n) is 9.08. The molecular formula is C22H22FN3O2S. The fourth-order valence-corrected chi connectivity index (χ4v) is 3.43. The Morgan fingerprint density at radius 2 is 1.90 bits per heavy atom. The number of rotatable bonds is 7. The molecule has 3 aromatic rings. The van der Waals surface area contributed by atoms with E-state index in [9.17, 15) is 13.7 Å². The molecule has 150 valence electrons. The van der Waals surface area contributed by atoms with Gasteiger partial charge in [-0.15, -0.1) is 0 Å². The van der Waals surface area contributed by atoms with Gasteiger partial charge in [0.2, 0.25) is 5.91 Å². The lowest BCUT2D eigenvalue weighted by Crippen LogP contribution is -2.08. The lowest BCUT2D eigenvalue weighted by atomic mass is 10.1. The number of carbonyl (C=O) groups is 1. The van der Waals surface area contributed by atoms with Crippen molar-refractivity contribution in [2.24, 2.45) is 7.05 Å². The van der Waals surface area contributed by atoms with Crippen molar-refractivity contribution >= 4 is 28.8 Å². The molecule has 2 aromatic carbocycles. The molecular weight excluding hydrogens is 389 g/mol. The zero-order valence-corrected chi connectivity index (χ0v) is 17.1. The lowest BCUT2D eigenvalue weighted by Gasteiger charge is -2.06. The van der Waals surface area contributed by atoms with Crippen molar-refractivity contribution in [2.45, 2.75) is 6.42 Å². The first kappa shape index (κ1) is 20.8. The number of hydrogen-bond donors (Lipinski definition) is 1. The summed E-state index contributed by atoms with van der Waals surface area (Å²) in [5, 5.41) is 7.05. The summed E-state index contributed by atoms with van der Waals surface area (Å²) in [6.07, 6.45) is 7.22. The van der Waals surface area contributed by atoms with Crippen molar-refractivity contribution in [3.05, 3.63) is 77.7 Å². The van der Waals surface area contributed by atoms with E-state index in [-0.39, 0.29) is 11.7 Å². The number of hydrogen-bond acceptors (Lipinski definition) is 3. The van der Waals surface area contributed by atoms with Gasteiger partial charge < -0.3 is 9.87 Å². The second kappa shape index (κ2) is 9.54. The van der Waals surface area contributed by atoms with Crippen LogP contribution >= 0.6 is 0 Å². The zero-order valence-electron chi connectivity index (χ0n) is 16.3. The molecule has 0 aliphatic heterocycles. The van der Waals surface area contributed by atoms with Crippen LogP contribution in [0.2, 0.25) is 0 Å². The molecule has 1 aromatic heterocycles. The van der Waals surface area contributed by atoms with Crippen LogP contribution in [-0.2, 0) is 29.4 Å². The molecule has 0 radical (unpaired) electrons. The van der Waals surface area contributed by atoms with E-state index in [0.717, 1.165) is 28.8 Å². The monoisotopic (exact) mass is 411 g/mol. The van der Waals surface area contributed by atoms with Crippen LogP contribution in [0.25, 0.3) is 17.3 Å². The lowest BCUT2D eigenvalue weighted by molar-refractivity contribution is -0.111. The molecule has 0 aliphatic carbocycles. The molecule has 7 heteroatoms. The van der Waals surface area contributed by atoms with Gasteiger partial charge in [0, 0.05) is 36.4 Å². The Hall–Kier alpha value is -2.90. The molecule has 0 saturated carbocycles. The van der Waals surface area contributed by atoms with Crippen molar-refractivity contribution < 1.29 is 13.7 Å². The van der Waals surface area contributed by atoms with Crippen LogP contribution in [0.1, 0.15) is 11.1 Å². The number of nitrogens with one attached hydrogen (secondary N) is 1. The quantitative estimate of drug-likeness (QED) is 0.475. The summed E-state index contributed by atoms with van der Waals surface area (Å²) in [6.45, 7) is 0. The van der Waals surface area contributed by atoms with E-state index in [1.165, 1.54) is 18.2 Å². The van der Waals surface area contributed by atoms with Crippen LogP contribution in [0.3, 0.4) is 0 Å². The number of halogens is 1. The summed E-state index contributed by atoms with van der Waals surface area (Å²) in [4.78, 5) is 12.3. The number of amides is 1. The van der Waals surface area contributed by atoms with Crippen LogP contribution in [0, 0.1) is 5.82 Å². The number of aryl methyl sites for hydroxylation is 2. The van der Waals surface area contributed by atoms with Gasteiger partial charge in [-0.05, 0) is 48.0 Å². The van der Waals surface area contributed by atoms with E-state index in [0.29, 0.717) is 11.4 Å². The van der Waals surface area contributed by atoms with Crippen molar-refractivity contribution in [2.75, 3.05) is 17.3 Å². The maximum atomic E-state index is 13.2. The SMILES string of the molecule is Cn1ncc(C=CC(=O)Nc2ccc(CC[S+](C)[O-])cc2)c1-c1ccc(F)cc1. The van der Waals surface area contributed by atoms with Crippen LogP contribution < -0.4 is 5.32 Å². The Morgan fingerprint density at radius 3 is 2.55 bits per heavy atom. The predicted molar refractivity (Wildman–Crippen MR) is 115 cm³/mol. The average molecular weight is 412 g/mol. The molecule has 0 spiro atoms. The standard InChI is InChI=1S/C22H22FN3O2S/c1-26-22(17-5-8-19(23)9-6-17)18(15-24-26)7-12-21(27)25-20-10-3-16(4-11-20)13-14-29(2)28/h3-12,15H,13-14H2,1-2H3,(H,25,27). The summed E-state index contributed by atoms with van der Waals surface area (Å²) >= 11 is -0.821. The van der Waals surface area contributed by atoms with Gasteiger partial charge in [0.15, 0.2) is 0 Å². The number of nitrogens with zero attached hydrogens (tertiary/aromatic N) is 2. The largest absolute Gasteiger partial charge is 0.617 e. The van der Waals surface area contributed by atoms with Crippen molar-refractivity contribution in [1.82, 2.24) is 9.78 Å². The van der Waals surface area contributed by atoms with Crippen LogP contribution in [0.5, 0.6) is 0 Å². The number of carbonyl (C=O) groups excluding carboxylic acids is 1. The summed E-state index contributed by atoms with van der Waals surface area (Å²) in [6, 6.07) is 13.6. The van der Waals surface area contributed by atoms with Crippen LogP contribution in [0.15, 0.2) is 60.8 Å². The smallest absolute Gasteiger partial charge is 0.248 e. The van der Waals surface area contributed by atoms with E-state index in [4.69, 9.17) is 0 Å². The molecule has 1 unspecified atom stereocenters. The summed E-state index contributed by atoms with van der Waals surface area (Å²) in [7, 11) is 1.80. The fourth-order valence-electron chi connectivity index (χ4n) is 2.90. The van der Waals surface area contributed by atoms with E-state index < -0.39 is 11.2 Å². The first-order chi connectivity index (χ1) is 13.9. The molecule has 1 N–H and O–H groups in total. The summed E-state index contributed by atoms with van der Waals surface area (Å²) in [5.41, 5.74) is 4.14. The second-order valence-corrected chi connectivity index (χ2v) is 8.18. The number of anilines is 1. The van der Waals surface area contributed by atoms with Gasteiger partial charge in [-0.2, -0.15) is 5.10 Å². The summed E-state index contributed by atoms with van der Waals surface area (Å²) in [5.74, 6) is 0.0540. The van der Waals surface area contributed by atoms with Gasteiger partial charge in [-0.1, -0.05) is 23.3 Å². The van der Waals surface area contributed by atoms with Gasteiger partial charge in [0.25, 0.3) is 0 Å². The number of benzene rings is 2. The molecule has 1 heterocycles. The number of aromatic nitrogens is 2. The molecule has 1 atom stereocenters. The Kier molecular flexibility index (Phi) is 6.85. The third-order valence-electron chi connectivity index (χ3n) is 4.40. The zero-order chi connectivity index (χ0) is 20.8. The van der Waals surface area contributed by atoms with Crippen molar-refractivity contribution in [1.29, 1.82) is 0 Å². The topological polar surface area (TPSA) is 70.0 Å². The average Bonchev–Trinajstić information content (AvgIpc) is 3.07. The summed E-state index contributed by atoms with van der Waals surface area (Å²) < 4.78 is 26.1. The highest BCUT2D eigenvalue weighted by atomic mass is 32.2. The predicted octanol–water partition coefficient (Wildman–Crippen LogP) is 3.80. The van der Waals surface area contributed by atoms with Gasteiger partial charge >= 0.3 is 0 Å². The van der Waals surface area contributed by atoms with E-state index in [1.807, 2.05) is 24.3 Å². The van der Waals surface area contributed by atoms with E-state index in [2.05, 4.69) is 10.4 Å². The molecule has 0 fully saturated rings. The van der Waals surface area contributed by atoms with Crippen LogP contribution in [-0.4, -0.2) is 32.2 Å². The molecule has 0 saturated heterocycles. The van der Waals surface area contributed by atoms with Crippen LogP contribution in [0.4, 0.5) is 10.1 Å². The molecule has 3 rings (SSSR count). The highest BCUT2D eigenvalue weighted by Crippen LogP contribution is 2.24. The van der Waals surface area contributed by atoms with E-state index in [1.54, 1.807) is 42.4 Å². The van der Waals surface area contributed by atoms with Gasteiger partial charge in [0.1, 0.15) is 11.6 Å². The second-order valence-electron chi connectivity index (χ2n) is 6.63. The fraction of sp³-hybridized carbons (Fsp3) is 0.182. The molecule has 5 nitrogen and oxygen atoms in total. The maximum Gasteiger partial charge on any atom is 0.248 e. The highest BCUT2D eigenvalue weighted by molar-refractivity contribution is 7.90. The molecule has 1 amide bonds. The minimum atomic E-state index is -0.821. The Bertz CT molecular complexity index is 996. The first-order valence-corrected chi connectivity index (χ1v) is 10.8.